The third-order valence-corrected chi connectivity index (χ3v) is 2.57. The molecule has 1 aromatic rings. The lowest BCUT2D eigenvalue weighted by atomic mass is 10.3. The molecule has 0 amide bonds. The second-order valence-electron chi connectivity index (χ2n) is 2.61. The van der Waals surface area contributed by atoms with Crippen molar-refractivity contribution in [2.24, 2.45) is 0 Å². The highest BCUT2D eigenvalue weighted by Crippen LogP contribution is 2.21. The van der Waals surface area contributed by atoms with Crippen LogP contribution in [-0.4, -0.2) is 28.1 Å². The number of hydrogen-bond donors (Lipinski definition) is 2. The molecule has 1 unspecified atom stereocenters. The summed E-state index contributed by atoms with van der Waals surface area (Å²) in [6.07, 6.45) is -1.85. The van der Waals surface area contributed by atoms with Gasteiger partial charge in [-0.1, -0.05) is 0 Å². The van der Waals surface area contributed by atoms with E-state index in [1.807, 2.05) is 0 Å². The lowest BCUT2D eigenvalue weighted by Crippen LogP contribution is -2.16. The highest BCUT2D eigenvalue weighted by molar-refractivity contribution is 7.99. The van der Waals surface area contributed by atoms with Crippen LogP contribution in [-0.2, 0) is 4.79 Å². The van der Waals surface area contributed by atoms with E-state index >= 15 is 0 Å². The van der Waals surface area contributed by atoms with Crippen LogP contribution in [0.2, 0.25) is 0 Å². The minimum Gasteiger partial charge on any atom is -0.508 e. The van der Waals surface area contributed by atoms with Crippen molar-refractivity contribution in [1.29, 1.82) is 0 Å². The molecule has 1 aromatic carbocycles. The second kappa shape index (κ2) is 4.85. The molecule has 0 saturated heterocycles. The van der Waals surface area contributed by atoms with E-state index in [4.69, 9.17) is 10.2 Å². The van der Waals surface area contributed by atoms with Crippen LogP contribution in [0.25, 0.3) is 0 Å². The maximum Gasteiger partial charge on any atom is 0.339 e. The number of phenols is 1. The number of carboxylic acid groups (broad SMARTS) is 1. The summed E-state index contributed by atoms with van der Waals surface area (Å²) >= 11 is 1.10. The molecule has 0 radical (unpaired) electrons. The van der Waals surface area contributed by atoms with Crippen molar-refractivity contribution in [3.05, 3.63) is 24.3 Å². The van der Waals surface area contributed by atoms with Crippen molar-refractivity contribution in [3.63, 3.8) is 0 Å². The highest BCUT2D eigenvalue weighted by atomic mass is 32.2. The molecule has 76 valence electrons. The standard InChI is InChI=1S/C9H9FO3S/c10-8(9(12)13)5-14-7-3-1-6(11)2-4-7/h1-4,8,11H,5H2,(H,12,13). The zero-order valence-corrected chi connectivity index (χ0v) is 8.00. The van der Waals surface area contributed by atoms with E-state index in [1.54, 1.807) is 12.1 Å². The van der Waals surface area contributed by atoms with E-state index in [9.17, 15) is 9.18 Å². The summed E-state index contributed by atoms with van der Waals surface area (Å²) in [5, 5.41) is 17.2. The van der Waals surface area contributed by atoms with Crippen LogP contribution in [0.4, 0.5) is 4.39 Å². The van der Waals surface area contributed by atoms with Crippen LogP contribution in [0.5, 0.6) is 5.75 Å². The zero-order chi connectivity index (χ0) is 10.6. The number of aromatic hydroxyl groups is 1. The fourth-order valence-corrected chi connectivity index (χ4v) is 1.59. The number of alkyl halides is 1. The Morgan fingerprint density at radius 3 is 2.50 bits per heavy atom. The van der Waals surface area contributed by atoms with Gasteiger partial charge in [-0.15, -0.1) is 11.8 Å². The van der Waals surface area contributed by atoms with Crippen molar-refractivity contribution >= 4 is 17.7 Å². The number of phenolic OH excluding ortho intramolecular Hbond substituents is 1. The van der Waals surface area contributed by atoms with Gasteiger partial charge in [-0.05, 0) is 24.3 Å². The number of aliphatic carboxylic acids is 1. The van der Waals surface area contributed by atoms with Gasteiger partial charge in [0.1, 0.15) is 5.75 Å². The predicted octanol–water partition coefficient (Wildman–Crippen LogP) is 1.91. The van der Waals surface area contributed by atoms with E-state index < -0.39 is 12.1 Å². The number of rotatable bonds is 4. The average molecular weight is 216 g/mol. The topological polar surface area (TPSA) is 57.5 Å². The summed E-state index contributed by atoms with van der Waals surface area (Å²) in [5.41, 5.74) is 0. The zero-order valence-electron chi connectivity index (χ0n) is 7.18. The number of thioether (sulfide) groups is 1. The summed E-state index contributed by atoms with van der Waals surface area (Å²) in [6.45, 7) is 0. The van der Waals surface area contributed by atoms with Gasteiger partial charge in [0.15, 0.2) is 0 Å². The largest absolute Gasteiger partial charge is 0.508 e. The Kier molecular flexibility index (Phi) is 3.76. The Hall–Kier alpha value is -1.23. The maximum absolute atomic E-state index is 12.6. The summed E-state index contributed by atoms with van der Waals surface area (Å²) in [7, 11) is 0. The van der Waals surface area contributed by atoms with Crippen LogP contribution in [0.3, 0.4) is 0 Å². The fraction of sp³-hybridized carbons (Fsp3) is 0.222. The summed E-state index contributed by atoms with van der Waals surface area (Å²) < 4.78 is 12.6. The molecule has 0 aromatic heterocycles. The maximum atomic E-state index is 12.6. The first kappa shape index (κ1) is 10.8. The lowest BCUT2D eigenvalue weighted by molar-refractivity contribution is -0.141. The molecule has 0 fully saturated rings. The molecular weight excluding hydrogens is 207 g/mol. The van der Waals surface area contributed by atoms with E-state index in [0.29, 0.717) is 0 Å². The van der Waals surface area contributed by atoms with Gasteiger partial charge in [-0.25, -0.2) is 9.18 Å². The molecule has 0 aliphatic rings. The molecule has 1 rings (SSSR count). The number of hydrogen-bond acceptors (Lipinski definition) is 3. The molecule has 2 N–H and O–H groups in total. The van der Waals surface area contributed by atoms with Crippen molar-refractivity contribution in [2.45, 2.75) is 11.1 Å². The molecule has 0 bridgehead atoms. The van der Waals surface area contributed by atoms with Crippen LogP contribution >= 0.6 is 11.8 Å². The average Bonchev–Trinajstić information content (AvgIpc) is 2.16. The Labute approximate surface area is 84.6 Å². The van der Waals surface area contributed by atoms with Gasteiger partial charge in [0, 0.05) is 10.6 Å². The van der Waals surface area contributed by atoms with Gasteiger partial charge in [0.2, 0.25) is 6.17 Å². The molecule has 0 saturated carbocycles. The van der Waals surface area contributed by atoms with Gasteiger partial charge in [-0.3, -0.25) is 0 Å². The number of halogens is 1. The molecule has 14 heavy (non-hydrogen) atoms. The molecule has 0 heterocycles. The van der Waals surface area contributed by atoms with E-state index in [2.05, 4.69) is 0 Å². The fourth-order valence-electron chi connectivity index (χ4n) is 0.783. The number of carbonyl (C=O) groups is 1. The molecule has 5 heteroatoms. The minimum absolute atomic E-state index is 0.125. The highest BCUT2D eigenvalue weighted by Gasteiger charge is 2.15. The third kappa shape index (κ3) is 3.26. The van der Waals surface area contributed by atoms with Crippen LogP contribution in [0.1, 0.15) is 0 Å². The normalized spacial score (nSPS) is 12.4. The monoisotopic (exact) mass is 216 g/mol. The number of carboxylic acids is 1. The van der Waals surface area contributed by atoms with E-state index in [1.165, 1.54) is 12.1 Å². The van der Waals surface area contributed by atoms with Gasteiger partial charge < -0.3 is 10.2 Å². The van der Waals surface area contributed by atoms with Crippen molar-refractivity contribution in [1.82, 2.24) is 0 Å². The second-order valence-corrected chi connectivity index (χ2v) is 3.70. The smallest absolute Gasteiger partial charge is 0.339 e. The van der Waals surface area contributed by atoms with E-state index in [0.717, 1.165) is 16.7 Å². The van der Waals surface area contributed by atoms with Gasteiger partial charge in [0.25, 0.3) is 0 Å². The third-order valence-electron chi connectivity index (χ3n) is 1.50. The molecule has 0 spiro atoms. The summed E-state index contributed by atoms with van der Waals surface area (Å²) in [6, 6.07) is 6.15. The van der Waals surface area contributed by atoms with Crippen molar-refractivity contribution < 1.29 is 19.4 Å². The Morgan fingerprint density at radius 1 is 1.43 bits per heavy atom. The van der Waals surface area contributed by atoms with Crippen LogP contribution < -0.4 is 0 Å². The van der Waals surface area contributed by atoms with Crippen LogP contribution in [0.15, 0.2) is 29.2 Å². The first-order valence-corrected chi connectivity index (χ1v) is 4.87. The first-order chi connectivity index (χ1) is 6.59. The van der Waals surface area contributed by atoms with Gasteiger partial charge in [0.05, 0.1) is 0 Å². The van der Waals surface area contributed by atoms with Crippen LogP contribution in [0, 0.1) is 0 Å². The first-order valence-electron chi connectivity index (χ1n) is 3.88. The Bertz CT molecular complexity index is 312. The lowest BCUT2D eigenvalue weighted by Gasteiger charge is -2.02. The van der Waals surface area contributed by atoms with Crippen molar-refractivity contribution in [3.8, 4) is 5.75 Å². The molecular formula is C9H9FO3S. The molecule has 3 nitrogen and oxygen atoms in total. The Morgan fingerprint density at radius 2 is 2.00 bits per heavy atom. The van der Waals surface area contributed by atoms with Gasteiger partial charge >= 0.3 is 5.97 Å². The SMILES string of the molecule is O=C(O)C(F)CSc1ccc(O)cc1. The summed E-state index contributed by atoms with van der Waals surface area (Å²) in [5.74, 6) is -1.44. The quantitative estimate of drug-likeness (QED) is 0.755. The Balaban J connectivity index is 2.46. The molecule has 1 atom stereocenters. The van der Waals surface area contributed by atoms with E-state index in [-0.39, 0.29) is 11.5 Å². The summed E-state index contributed by atoms with van der Waals surface area (Å²) in [4.78, 5) is 10.9. The van der Waals surface area contributed by atoms with Crippen molar-refractivity contribution in [2.75, 3.05) is 5.75 Å². The number of benzene rings is 1. The predicted molar refractivity (Wildman–Crippen MR) is 51.4 cm³/mol. The van der Waals surface area contributed by atoms with Gasteiger partial charge in [-0.2, -0.15) is 0 Å². The molecule has 0 aliphatic carbocycles. The molecule has 0 aliphatic heterocycles. The minimum atomic E-state index is -1.85.